The lowest BCUT2D eigenvalue weighted by atomic mass is 9.71. The smallest absolute Gasteiger partial charge is 0.243 e. The fourth-order valence-electron chi connectivity index (χ4n) is 2.75. The highest BCUT2D eigenvalue weighted by Gasteiger charge is 2.36. The van der Waals surface area contributed by atoms with Gasteiger partial charge in [-0.05, 0) is 43.2 Å². The molecule has 1 aliphatic rings. The third-order valence-electron chi connectivity index (χ3n) is 4.40. The lowest BCUT2D eigenvalue weighted by Crippen LogP contribution is -2.42. The van der Waals surface area contributed by atoms with Crippen molar-refractivity contribution in [2.75, 3.05) is 11.9 Å². The van der Waals surface area contributed by atoms with Crippen LogP contribution >= 0.6 is 0 Å². The van der Waals surface area contributed by atoms with Gasteiger partial charge in [-0.25, -0.2) is 8.91 Å². The van der Waals surface area contributed by atoms with Crippen LogP contribution in [-0.4, -0.2) is 31.9 Å². The number of nitrogens with zero attached hydrogens (tertiary/aromatic N) is 3. The van der Waals surface area contributed by atoms with E-state index in [4.69, 9.17) is 0 Å². The van der Waals surface area contributed by atoms with Crippen molar-refractivity contribution in [3.05, 3.63) is 24.1 Å². The van der Waals surface area contributed by atoms with Gasteiger partial charge in [0.15, 0.2) is 5.65 Å². The summed E-state index contributed by atoms with van der Waals surface area (Å²) < 4.78 is 14.5. The lowest BCUT2D eigenvalue weighted by molar-refractivity contribution is -0.0146. The zero-order valence-corrected chi connectivity index (χ0v) is 12.4. The Morgan fingerprint density at radius 2 is 2.00 bits per heavy atom. The van der Waals surface area contributed by atoms with Gasteiger partial charge in [0, 0.05) is 6.54 Å². The van der Waals surface area contributed by atoms with Crippen molar-refractivity contribution in [3.8, 4) is 0 Å². The van der Waals surface area contributed by atoms with E-state index in [0.29, 0.717) is 23.6 Å². The number of hydrogen-bond donors (Lipinski definition) is 2. The molecular formula is C15H21FN4O. The first-order valence-electron chi connectivity index (χ1n) is 7.34. The van der Waals surface area contributed by atoms with Gasteiger partial charge in [-0.3, -0.25) is 0 Å². The predicted molar refractivity (Wildman–Crippen MR) is 78.6 cm³/mol. The van der Waals surface area contributed by atoms with Gasteiger partial charge in [0.2, 0.25) is 5.95 Å². The van der Waals surface area contributed by atoms with Crippen LogP contribution in [0.4, 0.5) is 10.3 Å². The number of aliphatic hydroxyl groups is 1. The van der Waals surface area contributed by atoms with E-state index in [-0.39, 0.29) is 5.82 Å². The number of fused-ring (bicyclic) bond motifs is 1. The van der Waals surface area contributed by atoms with Crippen LogP contribution in [-0.2, 0) is 0 Å². The third-order valence-corrected chi connectivity index (χ3v) is 4.40. The van der Waals surface area contributed by atoms with E-state index in [9.17, 15) is 9.50 Å². The van der Waals surface area contributed by atoms with Crippen molar-refractivity contribution in [3.63, 3.8) is 0 Å². The molecule has 2 N–H and O–H groups in total. The first-order valence-corrected chi connectivity index (χ1v) is 7.34. The van der Waals surface area contributed by atoms with E-state index in [1.807, 2.05) is 0 Å². The average Bonchev–Trinajstić information content (AvgIpc) is 2.83. The van der Waals surface area contributed by atoms with Gasteiger partial charge >= 0.3 is 0 Å². The van der Waals surface area contributed by atoms with Gasteiger partial charge in [0.05, 0.1) is 11.8 Å². The van der Waals surface area contributed by atoms with E-state index < -0.39 is 5.60 Å². The van der Waals surface area contributed by atoms with Crippen LogP contribution in [0.3, 0.4) is 0 Å². The minimum Gasteiger partial charge on any atom is -0.388 e. The number of rotatable bonds is 3. The Kier molecular flexibility index (Phi) is 3.36. The van der Waals surface area contributed by atoms with Crippen molar-refractivity contribution >= 4 is 11.6 Å². The minimum atomic E-state index is -0.710. The summed E-state index contributed by atoms with van der Waals surface area (Å²) in [4.78, 5) is 4.26. The molecule has 0 spiro atoms. The maximum absolute atomic E-state index is 13.1. The Bertz CT molecular complexity index is 642. The summed E-state index contributed by atoms with van der Waals surface area (Å²) in [7, 11) is 0. The summed E-state index contributed by atoms with van der Waals surface area (Å²) in [5, 5.41) is 17.8. The Hall–Kier alpha value is -1.69. The van der Waals surface area contributed by atoms with Gasteiger partial charge in [-0.15, -0.1) is 5.10 Å². The predicted octanol–water partition coefficient (Wildman–Crippen LogP) is 2.61. The van der Waals surface area contributed by atoms with Gasteiger partial charge in [-0.2, -0.15) is 4.98 Å². The number of anilines is 1. The third kappa shape index (κ3) is 3.15. The van der Waals surface area contributed by atoms with Crippen LogP contribution < -0.4 is 5.32 Å². The molecule has 5 nitrogen and oxygen atoms in total. The number of hydrogen-bond acceptors (Lipinski definition) is 4. The average molecular weight is 292 g/mol. The van der Waals surface area contributed by atoms with E-state index in [2.05, 4.69) is 29.2 Å². The standard InChI is InChI=1S/C15H21FN4O/c1-14(2)5-7-15(21,8-6-14)10-17-13-18-12-4-3-11(16)9-20(12)19-13/h3-4,9,21H,5-8,10H2,1-2H3,(H,17,19). The monoisotopic (exact) mass is 292 g/mol. The van der Waals surface area contributed by atoms with Gasteiger partial charge < -0.3 is 10.4 Å². The second-order valence-corrected chi connectivity index (χ2v) is 6.83. The van der Waals surface area contributed by atoms with Gasteiger partial charge in [0.25, 0.3) is 0 Å². The molecule has 2 aromatic heterocycles. The molecule has 3 rings (SSSR count). The molecular weight excluding hydrogens is 271 g/mol. The summed E-state index contributed by atoms with van der Waals surface area (Å²) in [6.07, 6.45) is 4.85. The zero-order valence-electron chi connectivity index (χ0n) is 12.4. The fraction of sp³-hybridized carbons (Fsp3) is 0.600. The van der Waals surface area contributed by atoms with Crippen LogP contribution in [0.1, 0.15) is 39.5 Å². The highest BCUT2D eigenvalue weighted by Crippen LogP contribution is 2.40. The van der Waals surface area contributed by atoms with Crippen LogP contribution in [0.2, 0.25) is 0 Å². The van der Waals surface area contributed by atoms with Crippen molar-refractivity contribution < 1.29 is 9.50 Å². The Morgan fingerprint density at radius 3 is 2.71 bits per heavy atom. The highest BCUT2D eigenvalue weighted by atomic mass is 19.1. The van der Waals surface area contributed by atoms with Crippen molar-refractivity contribution in [2.24, 2.45) is 5.41 Å². The molecule has 0 bridgehead atoms. The van der Waals surface area contributed by atoms with E-state index >= 15 is 0 Å². The molecule has 0 aliphatic heterocycles. The molecule has 21 heavy (non-hydrogen) atoms. The normalized spacial score (nSPS) is 20.6. The number of aromatic nitrogens is 3. The van der Waals surface area contributed by atoms with Crippen molar-refractivity contribution in [2.45, 2.75) is 45.1 Å². The number of halogens is 1. The van der Waals surface area contributed by atoms with Gasteiger partial charge in [-0.1, -0.05) is 13.8 Å². The Labute approximate surface area is 123 Å². The molecule has 1 saturated carbocycles. The second kappa shape index (κ2) is 4.94. The molecule has 1 aliphatic carbocycles. The minimum absolute atomic E-state index is 0.311. The Morgan fingerprint density at radius 1 is 1.29 bits per heavy atom. The lowest BCUT2D eigenvalue weighted by Gasteiger charge is -2.40. The van der Waals surface area contributed by atoms with E-state index in [0.717, 1.165) is 25.7 Å². The summed E-state index contributed by atoms with van der Waals surface area (Å²) in [6.45, 7) is 4.89. The first-order chi connectivity index (χ1) is 9.85. The largest absolute Gasteiger partial charge is 0.388 e. The van der Waals surface area contributed by atoms with Crippen LogP contribution in [0, 0.1) is 11.2 Å². The van der Waals surface area contributed by atoms with E-state index in [1.54, 1.807) is 6.07 Å². The molecule has 2 aromatic rings. The first kappa shape index (κ1) is 14.3. The Balaban J connectivity index is 1.66. The molecule has 6 heteroatoms. The van der Waals surface area contributed by atoms with Crippen LogP contribution in [0.15, 0.2) is 18.3 Å². The van der Waals surface area contributed by atoms with Crippen LogP contribution in [0.5, 0.6) is 0 Å². The molecule has 0 aromatic carbocycles. The number of nitrogens with one attached hydrogen (secondary N) is 1. The van der Waals surface area contributed by atoms with Crippen molar-refractivity contribution in [1.82, 2.24) is 14.6 Å². The molecule has 0 atom stereocenters. The SMILES string of the molecule is CC1(C)CCC(O)(CNc2nc3ccc(F)cn3n2)CC1. The fourth-order valence-corrected chi connectivity index (χ4v) is 2.75. The molecule has 0 unspecified atom stereocenters. The van der Waals surface area contributed by atoms with Crippen LogP contribution in [0.25, 0.3) is 5.65 Å². The second-order valence-electron chi connectivity index (χ2n) is 6.83. The van der Waals surface area contributed by atoms with Gasteiger partial charge in [0.1, 0.15) is 5.82 Å². The summed E-state index contributed by atoms with van der Waals surface area (Å²) in [5.74, 6) is 0.0611. The topological polar surface area (TPSA) is 62.5 Å². The molecule has 0 amide bonds. The molecule has 114 valence electrons. The maximum Gasteiger partial charge on any atom is 0.243 e. The molecule has 0 radical (unpaired) electrons. The molecule has 1 fully saturated rings. The number of pyridine rings is 1. The van der Waals surface area contributed by atoms with E-state index in [1.165, 1.54) is 16.8 Å². The van der Waals surface area contributed by atoms with Crippen molar-refractivity contribution in [1.29, 1.82) is 0 Å². The molecule has 2 heterocycles. The molecule has 0 saturated heterocycles. The summed E-state index contributed by atoms with van der Waals surface area (Å²) in [6, 6.07) is 2.93. The quantitative estimate of drug-likeness (QED) is 0.913. The summed E-state index contributed by atoms with van der Waals surface area (Å²) >= 11 is 0. The highest BCUT2D eigenvalue weighted by molar-refractivity contribution is 5.43. The maximum atomic E-state index is 13.1. The zero-order chi connectivity index (χ0) is 15.1. The summed E-state index contributed by atoms with van der Waals surface area (Å²) in [5.41, 5.74) is 0.180.